The Morgan fingerprint density at radius 3 is 2.90 bits per heavy atom. The zero-order valence-electron chi connectivity index (χ0n) is 17.3. The number of benzene rings is 1. The lowest BCUT2D eigenvalue weighted by molar-refractivity contribution is -0.149. The molecule has 1 aliphatic rings. The highest BCUT2D eigenvalue weighted by Gasteiger charge is 2.31. The maximum absolute atomic E-state index is 13.5. The quantitative estimate of drug-likeness (QED) is 0.555. The average Bonchev–Trinajstić information content (AvgIpc) is 3.36. The largest absolute Gasteiger partial charge is 0.497 e. The molecule has 4 rings (SSSR count). The van der Waals surface area contributed by atoms with Crippen LogP contribution >= 0.6 is 11.3 Å². The Bertz CT molecular complexity index is 1050. The van der Waals surface area contributed by atoms with Gasteiger partial charge in [-0.15, -0.1) is 11.3 Å². The van der Waals surface area contributed by atoms with Crippen LogP contribution in [0, 0.1) is 5.92 Å². The van der Waals surface area contributed by atoms with Crippen LogP contribution in [0.4, 0.5) is 0 Å². The highest BCUT2D eigenvalue weighted by Crippen LogP contribution is 2.29. The molecule has 1 fully saturated rings. The first-order chi connectivity index (χ1) is 14.6. The van der Waals surface area contributed by atoms with Crippen molar-refractivity contribution in [3.63, 3.8) is 0 Å². The van der Waals surface area contributed by atoms with E-state index in [4.69, 9.17) is 9.47 Å². The monoisotopic (exact) mass is 426 g/mol. The van der Waals surface area contributed by atoms with Crippen molar-refractivity contribution < 1.29 is 19.1 Å². The molecule has 0 aliphatic carbocycles. The zero-order chi connectivity index (χ0) is 21.1. The maximum atomic E-state index is 13.5. The number of ether oxygens (including phenoxy) is 2. The Morgan fingerprint density at radius 1 is 1.23 bits per heavy atom. The van der Waals surface area contributed by atoms with Gasteiger partial charge in [0.25, 0.3) is 5.91 Å². The van der Waals surface area contributed by atoms with E-state index in [9.17, 15) is 9.59 Å². The minimum absolute atomic E-state index is 0.0321. The number of amides is 1. The lowest BCUT2D eigenvalue weighted by Crippen LogP contribution is -2.43. The van der Waals surface area contributed by atoms with Gasteiger partial charge in [0.15, 0.2) is 0 Å². The predicted molar refractivity (Wildman–Crippen MR) is 117 cm³/mol. The topological polar surface area (TPSA) is 60.8 Å². The van der Waals surface area contributed by atoms with E-state index in [0.717, 1.165) is 34.4 Å². The summed E-state index contributed by atoms with van der Waals surface area (Å²) in [5.41, 5.74) is 1.72. The summed E-state index contributed by atoms with van der Waals surface area (Å²) in [4.78, 5) is 28.5. The lowest BCUT2D eigenvalue weighted by Gasteiger charge is -2.31. The number of piperidine rings is 1. The van der Waals surface area contributed by atoms with Crippen LogP contribution in [0.15, 0.2) is 41.8 Å². The summed E-state index contributed by atoms with van der Waals surface area (Å²) in [7, 11) is 1.65. The molecule has 2 aromatic heterocycles. The van der Waals surface area contributed by atoms with Crippen LogP contribution in [0.5, 0.6) is 5.75 Å². The van der Waals surface area contributed by atoms with Crippen LogP contribution in [0.2, 0.25) is 0 Å². The molecule has 158 valence electrons. The Kier molecular flexibility index (Phi) is 6.08. The summed E-state index contributed by atoms with van der Waals surface area (Å²) >= 11 is 1.63. The predicted octanol–water partition coefficient (Wildman–Crippen LogP) is 4.18. The molecule has 1 aliphatic heterocycles. The van der Waals surface area contributed by atoms with Crippen LogP contribution in [0.3, 0.4) is 0 Å². The highest BCUT2D eigenvalue weighted by atomic mass is 32.1. The van der Waals surface area contributed by atoms with Gasteiger partial charge in [0, 0.05) is 25.0 Å². The number of methoxy groups -OCH3 is 1. The van der Waals surface area contributed by atoms with E-state index in [0.29, 0.717) is 31.9 Å². The molecule has 0 saturated carbocycles. The number of esters is 1. The normalized spacial score (nSPS) is 16.6. The molecule has 0 unspecified atom stereocenters. The highest BCUT2D eigenvalue weighted by molar-refractivity contribution is 7.16. The van der Waals surface area contributed by atoms with Crippen LogP contribution < -0.4 is 4.74 Å². The van der Waals surface area contributed by atoms with E-state index in [2.05, 4.69) is 4.57 Å². The smallest absolute Gasteiger partial charge is 0.310 e. The van der Waals surface area contributed by atoms with Crippen LogP contribution in [0.25, 0.3) is 10.2 Å². The number of carbonyl (C=O) groups excluding carboxylic acids is 2. The number of rotatable bonds is 6. The first-order valence-corrected chi connectivity index (χ1v) is 11.1. The number of thiophene rings is 1. The van der Waals surface area contributed by atoms with Gasteiger partial charge < -0.3 is 18.9 Å². The first-order valence-electron chi connectivity index (χ1n) is 10.3. The van der Waals surface area contributed by atoms with Gasteiger partial charge in [-0.1, -0.05) is 12.1 Å². The van der Waals surface area contributed by atoms with Crippen LogP contribution in [-0.2, 0) is 16.1 Å². The van der Waals surface area contributed by atoms with Gasteiger partial charge in [-0.3, -0.25) is 9.59 Å². The van der Waals surface area contributed by atoms with Crippen molar-refractivity contribution in [1.29, 1.82) is 0 Å². The second-order valence-corrected chi connectivity index (χ2v) is 8.39. The van der Waals surface area contributed by atoms with Crippen LogP contribution in [0.1, 0.15) is 35.8 Å². The van der Waals surface area contributed by atoms with Gasteiger partial charge in [0.2, 0.25) is 0 Å². The van der Waals surface area contributed by atoms with E-state index in [1.807, 2.05) is 48.7 Å². The fourth-order valence-corrected chi connectivity index (χ4v) is 4.94. The van der Waals surface area contributed by atoms with E-state index >= 15 is 0 Å². The third-order valence-corrected chi connectivity index (χ3v) is 6.48. The van der Waals surface area contributed by atoms with Gasteiger partial charge >= 0.3 is 5.97 Å². The third kappa shape index (κ3) is 4.07. The molecule has 1 saturated heterocycles. The number of carbonyl (C=O) groups is 2. The van der Waals surface area contributed by atoms with E-state index in [1.165, 1.54) is 0 Å². The molecule has 6 nitrogen and oxygen atoms in total. The van der Waals surface area contributed by atoms with Crippen molar-refractivity contribution in [2.75, 3.05) is 26.8 Å². The SMILES string of the molecule is CCOC(=O)[C@@H]1CCCN(C(=O)c2cc3ccsc3n2Cc2cccc(OC)c2)C1. The first kappa shape index (κ1) is 20.5. The lowest BCUT2D eigenvalue weighted by atomic mass is 9.98. The Morgan fingerprint density at radius 2 is 2.10 bits per heavy atom. The van der Waals surface area contributed by atoms with Gasteiger partial charge in [0.05, 0.1) is 19.6 Å². The molecule has 1 atom stereocenters. The molecule has 7 heteroatoms. The third-order valence-electron chi connectivity index (χ3n) is 5.52. The molecule has 3 aromatic rings. The maximum Gasteiger partial charge on any atom is 0.310 e. The number of fused-ring (bicyclic) bond motifs is 1. The molecule has 3 heterocycles. The molecule has 1 amide bonds. The summed E-state index contributed by atoms with van der Waals surface area (Å²) in [6, 6.07) is 11.9. The van der Waals surface area contributed by atoms with Crippen LogP contribution in [-0.4, -0.2) is 48.1 Å². The van der Waals surface area contributed by atoms with Crippen molar-refractivity contribution >= 4 is 33.4 Å². The number of likely N-dealkylation sites (tertiary alicyclic amines) is 1. The minimum atomic E-state index is -0.245. The molecular weight excluding hydrogens is 400 g/mol. The summed E-state index contributed by atoms with van der Waals surface area (Å²) in [5.74, 6) is 0.312. The fraction of sp³-hybridized carbons (Fsp3) is 0.391. The van der Waals surface area contributed by atoms with E-state index in [-0.39, 0.29) is 17.8 Å². The van der Waals surface area contributed by atoms with Crippen molar-refractivity contribution in [1.82, 2.24) is 9.47 Å². The van der Waals surface area contributed by atoms with E-state index < -0.39 is 0 Å². The summed E-state index contributed by atoms with van der Waals surface area (Å²) in [6.45, 7) is 3.82. The molecule has 0 bridgehead atoms. The fourth-order valence-electron chi connectivity index (χ4n) is 4.04. The zero-order valence-corrected chi connectivity index (χ0v) is 18.1. The standard InChI is InChI=1S/C23H26N2O4S/c1-3-29-23(27)18-7-5-10-24(15-18)21(26)20-13-17-9-11-30-22(17)25(20)14-16-6-4-8-19(12-16)28-2/h4,6,8-9,11-13,18H,3,5,7,10,14-15H2,1-2H3/t18-/m1/s1. The second kappa shape index (κ2) is 8.92. The summed E-state index contributed by atoms with van der Waals surface area (Å²) < 4.78 is 12.6. The van der Waals surface area contributed by atoms with Crippen molar-refractivity contribution in [3.05, 3.63) is 53.0 Å². The van der Waals surface area contributed by atoms with Gasteiger partial charge in [-0.05, 0) is 55.0 Å². The number of hydrogen-bond donors (Lipinski definition) is 0. The molecule has 1 aromatic carbocycles. The van der Waals surface area contributed by atoms with Crippen molar-refractivity contribution in [3.8, 4) is 5.75 Å². The van der Waals surface area contributed by atoms with Crippen molar-refractivity contribution in [2.24, 2.45) is 5.92 Å². The summed E-state index contributed by atoms with van der Waals surface area (Å²) in [6.07, 6.45) is 1.57. The Balaban J connectivity index is 1.62. The molecular formula is C23H26N2O4S. The minimum Gasteiger partial charge on any atom is -0.497 e. The molecule has 0 spiro atoms. The number of nitrogens with zero attached hydrogens (tertiary/aromatic N) is 2. The number of aromatic nitrogens is 1. The van der Waals surface area contributed by atoms with Gasteiger partial charge in [-0.2, -0.15) is 0 Å². The molecule has 0 N–H and O–H groups in total. The summed E-state index contributed by atoms with van der Waals surface area (Å²) in [5, 5.41) is 3.10. The second-order valence-electron chi connectivity index (χ2n) is 7.49. The Hall–Kier alpha value is -2.80. The number of hydrogen-bond acceptors (Lipinski definition) is 5. The average molecular weight is 427 g/mol. The van der Waals surface area contributed by atoms with Gasteiger partial charge in [0.1, 0.15) is 16.3 Å². The molecule has 0 radical (unpaired) electrons. The van der Waals surface area contributed by atoms with Gasteiger partial charge in [-0.25, -0.2) is 0 Å². The van der Waals surface area contributed by atoms with E-state index in [1.54, 1.807) is 23.3 Å². The molecule has 30 heavy (non-hydrogen) atoms. The van der Waals surface area contributed by atoms with Crippen molar-refractivity contribution in [2.45, 2.75) is 26.3 Å². The Labute approximate surface area is 180 Å².